The van der Waals surface area contributed by atoms with Crippen LogP contribution in [0, 0.1) is 17.8 Å². The van der Waals surface area contributed by atoms with E-state index in [-0.39, 0.29) is 0 Å². The fourth-order valence-electron chi connectivity index (χ4n) is 3.81. The van der Waals surface area contributed by atoms with Crippen LogP contribution in [-0.4, -0.2) is 6.04 Å². The van der Waals surface area contributed by atoms with Crippen LogP contribution in [0.5, 0.6) is 0 Å². The molecule has 0 atom stereocenters. The van der Waals surface area contributed by atoms with Crippen LogP contribution in [0.1, 0.15) is 58.3 Å². The molecule has 1 aromatic rings. The Labute approximate surface area is 111 Å². The topological polar surface area (TPSA) is 25.2 Å². The molecule has 102 valence electrons. The second-order valence-corrected chi connectivity index (χ2v) is 7.52. The number of hydrogen-bond donors (Lipinski definition) is 1. The van der Waals surface area contributed by atoms with E-state index in [9.17, 15) is 0 Å². The summed E-state index contributed by atoms with van der Waals surface area (Å²) in [6.45, 7) is 12.5. The average molecular weight is 249 g/mol. The summed E-state index contributed by atoms with van der Waals surface area (Å²) < 4.78 is 5.50. The summed E-state index contributed by atoms with van der Waals surface area (Å²) >= 11 is 0. The molecule has 1 heterocycles. The Morgan fingerprint density at radius 3 is 2.33 bits per heavy atom. The lowest BCUT2D eigenvalue weighted by molar-refractivity contribution is 0.0836. The van der Waals surface area contributed by atoms with Crippen molar-refractivity contribution >= 4 is 0 Å². The first-order chi connectivity index (χ1) is 8.27. The van der Waals surface area contributed by atoms with Crippen molar-refractivity contribution in [2.45, 2.75) is 66.5 Å². The summed E-state index contributed by atoms with van der Waals surface area (Å²) in [5.74, 6) is 1.08. The molecule has 0 saturated heterocycles. The van der Waals surface area contributed by atoms with Gasteiger partial charge in [-0.2, -0.15) is 0 Å². The first-order valence-corrected chi connectivity index (χ1v) is 7.04. The third-order valence-corrected chi connectivity index (χ3v) is 4.07. The quantitative estimate of drug-likeness (QED) is 0.865. The number of furan rings is 1. The highest BCUT2D eigenvalue weighted by atomic mass is 16.3. The largest absolute Gasteiger partial charge is 0.468 e. The van der Waals surface area contributed by atoms with Gasteiger partial charge in [-0.1, -0.05) is 27.7 Å². The van der Waals surface area contributed by atoms with Crippen LogP contribution in [-0.2, 0) is 6.54 Å². The predicted octanol–water partition coefficient (Wildman–Crippen LogP) is 4.28. The molecular formula is C16H27NO. The molecule has 1 saturated carbocycles. The minimum atomic E-state index is 0.442. The van der Waals surface area contributed by atoms with E-state index in [1.165, 1.54) is 24.8 Å². The van der Waals surface area contributed by atoms with Gasteiger partial charge in [0.25, 0.3) is 0 Å². The second-order valence-electron chi connectivity index (χ2n) is 7.52. The highest BCUT2D eigenvalue weighted by molar-refractivity contribution is 5.14. The summed E-state index contributed by atoms with van der Waals surface area (Å²) in [5, 5.41) is 3.68. The third-order valence-electron chi connectivity index (χ3n) is 4.07. The van der Waals surface area contributed by atoms with E-state index in [0.717, 1.165) is 12.3 Å². The molecule has 0 spiro atoms. The molecule has 1 aliphatic carbocycles. The zero-order valence-corrected chi connectivity index (χ0v) is 12.5. The van der Waals surface area contributed by atoms with E-state index < -0.39 is 0 Å². The maximum atomic E-state index is 5.50. The van der Waals surface area contributed by atoms with Gasteiger partial charge in [0.1, 0.15) is 5.76 Å². The molecule has 0 radical (unpaired) electrons. The van der Waals surface area contributed by atoms with E-state index in [1.807, 2.05) is 6.07 Å². The van der Waals surface area contributed by atoms with Gasteiger partial charge in [-0.15, -0.1) is 0 Å². The Balaban J connectivity index is 1.95. The van der Waals surface area contributed by atoms with Crippen LogP contribution in [0.4, 0.5) is 0 Å². The first-order valence-electron chi connectivity index (χ1n) is 7.04. The average Bonchev–Trinajstić information content (AvgIpc) is 2.56. The molecule has 1 N–H and O–H groups in total. The van der Waals surface area contributed by atoms with Gasteiger partial charge >= 0.3 is 0 Å². The number of nitrogens with one attached hydrogen (secondary N) is 1. The monoisotopic (exact) mass is 249 g/mol. The molecule has 18 heavy (non-hydrogen) atoms. The molecule has 0 aromatic carbocycles. The highest BCUT2D eigenvalue weighted by Crippen LogP contribution is 2.45. The zero-order chi connectivity index (χ0) is 13.4. The van der Waals surface area contributed by atoms with Gasteiger partial charge in [-0.3, -0.25) is 0 Å². The van der Waals surface area contributed by atoms with Crippen molar-refractivity contribution in [2.75, 3.05) is 0 Å². The van der Waals surface area contributed by atoms with Crippen LogP contribution in [0.3, 0.4) is 0 Å². The molecule has 0 unspecified atom stereocenters. The van der Waals surface area contributed by atoms with Crippen molar-refractivity contribution in [3.8, 4) is 0 Å². The SMILES string of the molecule is Cc1ccoc1CNC1CC(C)(C)CC(C)(C)C1. The van der Waals surface area contributed by atoms with Crippen molar-refractivity contribution in [1.29, 1.82) is 0 Å². The minimum absolute atomic E-state index is 0.442. The summed E-state index contributed by atoms with van der Waals surface area (Å²) in [6, 6.07) is 2.64. The van der Waals surface area contributed by atoms with Crippen LogP contribution >= 0.6 is 0 Å². The van der Waals surface area contributed by atoms with Gasteiger partial charge in [0, 0.05) is 6.04 Å². The highest BCUT2D eigenvalue weighted by Gasteiger charge is 2.38. The van der Waals surface area contributed by atoms with Crippen LogP contribution < -0.4 is 5.32 Å². The third kappa shape index (κ3) is 3.38. The van der Waals surface area contributed by atoms with E-state index in [4.69, 9.17) is 4.42 Å². The lowest BCUT2D eigenvalue weighted by Crippen LogP contribution is -2.43. The van der Waals surface area contributed by atoms with Gasteiger partial charge in [0.05, 0.1) is 12.8 Å². The maximum Gasteiger partial charge on any atom is 0.120 e. The molecule has 1 aliphatic rings. The molecule has 0 bridgehead atoms. The standard InChI is InChI=1S/C16H27NO/c1-12-6-7-18-14(12)10-17-13-8-15(2,3)11-16(4,5)9-13/h6-7,13,17H,8-11H2,1-5H3. The fourth-order valence-corrected chi connectivity index (χ4v) is 3.81. The summed E-state index contributed by atoms with van der Waals surface area (Å²) in [6.07, 6.45) is 5.62. The van der Waals surface area contributed by atoms with Crippen molar-refractivity contribution in [2.24, 2.45) is 10.8 Å². The molecule has 0 amide bonds. The summed E-state index contributed by atoms with van der Waals surface area (Å²) in [5.41, 5.74) is 2.13. The number of rotatable bonds is 3. The molecular weight excluding hydrogens is 222 g/mol. The zero-order valence-electron chi connectivity index (χ0n) is 12.5. The van der Waals surface area contributed by atoms with Crippen LogP contribution in [0.2, 0.25) is 0 Å². The van der Waals surface area contributed by atoms with Gasteiger partial charge in [0.2, 0.25) is 0 Å². The fraction of sp³-hybridized carbons (Fsp3) is 0.750. The Morgan fingerprint density at radius 2 is 1.83 bits per heavy atom. The van der Waals surface area contributed by atoms with Crippen molar-refractivity contribution in [1.82, 2.24) is 5.32 Å². The van der Waals surface area contributed by atoms with Crippen molar-refractivity contribution in [3.63, 3.8) is 0 Å². The van der Waals surface area contributed by atoms with Crippen LogP contribution in [0.15, 0.2) is 16.7 Å². The number of aryl methyl sites for hydroxylation is 1. The minimum Gasteiger partial charge on any atom is -0.468 e. The molecule has 1 aromatic heterocycles. The van der Waals surface area contributed by atoms with E-state index in [2.05, 4.69) is 39.9 Å². The Hall–Kier alpha value is -0.760. The molecule has 2 heteroatoms. The van der Waals surface area contributed by atoms with E-state index in [1.54, 1.807) is 6.26 Å². The maximum absolute atomic E-state index is 5.50. The lowest BCUT2D eigenvalue weighted by atomic mass is 9.63. The lowest BCUT2D eigenvalue weighted by Gasteiger charge is -2.45. The van der Waals surface area contributed by atoms with Gasteiger partial charge < -0.3 is 9.73 Å². The molecule has 0 aliphatic heterocycles. The number of hydrogen-bond acceptors (Lipinski definition) is 2. The second kappa shape index (κ2) is 4.73. The first kappa shape index (κ1) is 13.7. The van der Waals surface area contributed by atoms with Crippen LogP contribution in [0.25, 0.3) is 0 Å². The van der Waals surface area contributed by atoms with E-state index >= 15 is 0 Å². The molecule has 2 nitrogen and oxygen atoms in total. The Bertz CT molecular complexity index is 387. The molecule has 2 rings (SSSR count). The normalized spacial score (nSPS) is 23.2. The Morgan fingerprint density at radius 1 is 1.22 bits per heavy atom. The van der Waals surface area contributed by atoms with Crippen molar-refractivity contribution in [3.05, 3.63) is 23.7 Å². The molecule has 1 fully saturated rings. The van der Waals surface area contributed by atoms with E-state index in [0.29, 0.717) is 16.9 Å². The predicted molar refractivity (Wildman–Crippen MR) is 75.5 cm³/mol. The Kier molecular flexibility index (Phi) is 3.59. The van der Waals surface area contributed by atoms with Gasteiger partial charge in [0.15, 0.2) is 0 Å². The van der Waals surface area contributed by atoms with Crippen molar-refractivity contribution < 1.29 is 4.42 Å². The smallest absolute Gasteiger partial charge is 0.120 e. The van der Waals surface area contributed by atoms with Gasteiger partial charge in [-0.05, 0) is 48.6 Å². The van der Waals surface area contributed by atoms with Gasteiger partial charge in [-0.25, -0.2) is 0 Å². The summed E-state index contributed by atoms with van der Waals surface area (Å²) in [4.78, 5) is 0. The summed E-state index contributed by atoms with van der Waals surface area (Å²) in [7, 11) is 0.